The van der Waals surface area contributed by atoms with Crippen molar-refractivity contribution >= 4 is 11.6 Å². The van der Waals surface area contributed by atoms with Gasteiger partial charge in [0.2, 0.25) is 12.1 Å². The van der Waals surface area contributed by atoms with Gasteiger partial charge in [0.15, 0.2) is 17.3 Å². The van der Waals surface area contributed by atoms with Crippen LogP contribution in [0.25, 0.3) is 0 Å². The number of benzene rings is 2. The third kappa shape index (κ3) is 4.30. The molecule has 0 unspecified atom stereocenters. The topological polar surface area (TPSA) is 87.6 Å². The Morgan fingerprint density at radius 2 is 1.83 bits per heavy atom. The van der Waals surface area contributed by atoms with Gasteiger partial charge in [-0.3, -0.25) is 4.79 Å². The number of anilines is 1. The van der Waals surface area contributed by atoms with Crippen molar-refractivity contribution in [2.45, 2.75) is 45.6 Å². The monoisotopic (exact) mass is 486 g/mol. The third-order valence-corrected chi connectivity index (χ3v) is 7.03. The lowest BCUT2D eigenvalue weighted by atomic mass is 9.70. The summed E-state index contributed by atoms with van der Waals surface area (Å²) in [6.45, 7) is 4.80. The molecule has 0 spiro atoms. The zero-order valence-electron chi connectivity index (χ0n) is 21.2. The van der Waals surface area contributed by atoms with Gasteiger partial charge in [0, 0.05) is 24.8 Å². The van der Waals surface area contributed by atoms with E-state index in [0.29, 0.717) is 60.3 Å². The fourth-order valence-electron chi connectivity index (χ4n) is 5.27. The van der Waals surface area contributed by atoms with E-state index in [1.807, 2.05) is 53.1 Å². The second-order valence-electron chi connectivity index (χ2n) is 10.2. The molecule has 1 aliphatic heterocycles. The van der Waals surface area contributed by atoms with Crippen molar-refractivity contribution in [2.75, 3.05) is 20.0 Å². The predicted octanol–water partition coefficient (Wildman–Crippen LogP) is 4.38. The molecule has 0 amide bonds. The molecule has 0 fully saturated rings. The number of nitrogen functional groups attached to an aromatic ring is 1. The van der Waals surface area contributed by atoms with E-state index in [9.17, 15) is 4.79 Å². The third-order valence-electron chi connectivity index (χ3n) is 7.03. The summed E-state index contributed by atoms with van der Waals surface area (Å²) in [5, 5.41) is 0. The molecule has 5 rings (SSSR count). The fourth-order valence-corrected chi connectivity index (χ4v) is 5.27. The number of nitrogens with two attached hydrogens (primary N) is 1. The smallest absolute Gasteiger partial charge is 0.305 e. The van der Waals surface area contributed by atoms with Gasteiger partial charge in [0.1, 0.15) is 11.3 Å². The van der Waals surface area contributed by atoms with Crippen molar-refractivity contribution in [2.24, 2.45) is 5.41 Å². The second-order valence-corrected chi connectivity index (χ2v) is 10.2. The first-order chi connectivity index (χ1) is 17.3. The lowest BCUT2D eigenvalue weighted by molar-refractivity contribution is -0.685. The standard InChI is InChI=1S/C29H31N3O4/c1-29(2)15-20(33)25-23(16-29)36-28-26(24(25)19-8-6-5-7-9-19)27(30)32(17-31-28)13-12-18-10-11-21(34-3)22(14-18)35-4/h5-11,14,17,24,30H,12-13,15-16H2,1-4H3/p+1/t24-/m1/s1. The molecule has 7 heteroatoms. The number of ether oxygens (including phenoxy) is 3. The first-order valence-electron chi connectivity index (χ1n) is 12.2. The van der Waals surface area contributed by atoms with Crippen molar-refractivity contribution in [3.63, 3.8) is 0 Å². The zero-order valence-corrected chi connectivity index (χ0v) is 21.2. The number of hydrogen-bond acceptors (Lipinski definition) is 6. The Morgan fingerprint density at radius 3 is 2.56 bits per heavy atom. The van der Waals surface area contributed by atoms with Crippen LogP contribution in [0.4, 0.5) is 5.82 Å². The predicted molar refractivity (Wildman–Crippen MR) is 136 cm³/mol. The summed E-state index contributed by atoms with van der Waals surface area (Å²) in [7, 11) is 3.25. The Bertz CT molecular complexity index is 1350. The second kappa shape index (κ2) is 9.30. The van der Waals surface area contributed by atoms with Crippen LogP contribution in [-0.2, 0) is 17.8 Å². The summed E-state index contributed by atoms with van der Waals surface area (Å²) >= 11 is 0. The van der Waals surface area contributed by atoms with E-state index in [-0.39, 0.29) is 17.1 Å². The van der Waals surface area contributed by atoms with Gasteiger partial charge in [-0.25, -0.2) is 4.57 Å². The van der Waals surface area contributed by atoms with Crippen LogP contribution in [0.5, 0.6) is 17.4 Å². The minimum atomic E-state index is -0.311. The molecule has 0 bridgehead atoms. The average Bonchev–Trinajstić information content (AvgIpc) is 2.86. The number of rotatable bonds is 6. The van der Waals surface area contributed by atoms with E-state index in [4.69, 9.17) is 19.9 Å². The van der Waals surface area contributed by atoms with E-state index in [2.05, 4.69) is 18.8 Å². The molecule has 0 saturated heterocycles. The Morgan fingerprint density at radius 1 is 1.08 bits per heavy atom. The number of allylic oxidation sites excluding steroid dienone is 2. The number of methoxy groups -OCH3 is 2. The van der Waals surface area contributed by atoms with E-state index in [0.717, 1.165) is 16.7 Å². The number of ketones is 1. The Kier molecular flexibility index (Phi) is 6.16. The van der Waals surface area contributed by atoms with Crippen LogP contribution in [0.3, 0.4) is 0 Å². The van der Waals surface area contributed by atoms with Gasteiger partial charge in [-0.1, -0.05) is 55.2 Å². The van der Waals surface area contributed by atoms with Crippen LogP contribution in [0.1, 0.15) is 49.3 Å². The van der Waals surface area contributed by atoms with Gasteiger partial charge in [-0.05, 0) is 28.7 Å². The molecule has 1 atom stereocenters. The molecule has 2 heterocycles. The number of hydrogen-bond donors (Lipinski definition) is 1. The van der Waals surface area contributed by atoms with Gasteiger partial charge in [-0.2, -0.15) is 0 Å². The molecule has 2 aliphatic rings. The molecular weight excluding hydrogens is 454 g/mol. The van der Waals surface area contributed by atoms with Gasteiger partial charge >= 0.3 is 5.88 Å². The largest absolute Gasteiger partial charge is 0.493 e. The molecule has 2 N–H and O–H groups in total. The maximum Gasteiger partial charge on any atom is 0.305 e. The highest BCUT2D eigenvalue weighted by atomic mass is 16.5. The SMILES string of the molecule is COc1ccc(CC[n+]2cnc3c(c2N)[C@H](c2ccccc2)C2=C(CC(C)(C)CC2=O)O3)cc1OC. The Labute approximate surface area is 211 Å². The van der Waals surface area contributed by atoms with Gasteiger partial charge in [0.25, 0.3) is 0 Å². The number of Topliss-reactive ketones (excluding diaryl/α,β-unsaturated/α-hetero) is 1. The minimum Gasteiger partial charge on any atom is -0.493 e. The minimum absolute atomic E-state index is 0.112. The number of carbonyl (C=O) groups is 1. The van der Waals surface area contributed by atoms with Crippen molar-refractivity contribution in [1.82, 2.24) is 4.98 Å². The number of fused-ring (bicyclic) bond motifs is 1. The van der Waals surface area contributed by atoms with Crippen LogP contribution in [0.2, 0.25) is 0 Å². The molecule has 186 valence electrons. The first kappa shape index (κ1) is 23.9. The maximum absolute atomic E-state index is 13.4. The Balaban J connectivity index is 1.53. The lowest BCUT2D eigenvalue weighted by Gasteiger charge is -2.37. The molecule has 3 aromatic rings. The van der Waals surface area contributed by atoms with E-state index in [1.54, 1.807) is 20.5 Å². The summed E-state index contributed by atoms with van der Waals surface area (Å²) in [4.78, 5) is 18.1. The summed E-state index contributed by atoms with van der Waals surface area (Å²) < 4.78 is 19.0. The van der Waals surface area contributed by atoms with Gasteiger partial charge in [-0.15, -0.1) is 0 Å². The number of carbonyl (C=O) groups excluding carboxylic acids is 1. The molecule has 2 aromatic carbocycles. The zero-order chi connectivity index (χ0) is 25.4. The van der Waals surface area contributed by atoms with Crippen LogP contribution >= 0.6 is 0 Å². The summed E-state index contributed by atoms with van der Waals surface area (Å²) in [6.07, 6.45) is 3.60. The highest BCUT2D eigenvalue weighted by molar-refractivity contribution is 6.00. The maximum atomic E-state index is 13.4. The van der Waals surface area contributed by atoms with Crippen LogP contribution < -0.4 is 24.5 Å². The molecule has 0 saturated carbocycles. The molecule has 7 nitrogen and oxygen atoms in total. The van der Waals surface area contributed by atoms with Crippen molar-refractivity contribution in [1.29, 1.82) is 0 Å². The lowest BCUT2D eigenvalue weighted by Crippen LogP contribution is -2.42. The molecule has 1 aromatic heterocycles. The van der Waals surface area contributed by atoms with Crippen molar-refractivity contribution < 1.29 is 23.6 Å². The van der Waals surface area contributed by atoms with E-state index in [1.165, 1.54) is 0 Å². The molecular formula is C29H32N3O4+. The number of nitrogens with zero attached hydrogens (tertiary/aromatic N) is 2. The normalized spacial score (nSPS) is 18.2. The van der Waals surface area contributed by atoms with Crippen molar-refractivity contribution in [3.8, 4) is 17.4 Å². The first-order valence-corrected chi connectivity index (χ1v) is 12.2. The van der Waals surface area contributed by atoms with Crippen LogP contribution in [-0.4, -0.2) is 25.0 Å². The number of aryl methyl sites for hydroxylation is 2. The fraction of sp³-hybridized carbons (Fsp3) is 0.345. The Hall–Kier alpha value is -3.87. The molecule has 0 radical (unpaired) electrons. The highest BCUT2D eigenvalue weighted by Crippen LogP contribution is 2.50. The molecule has 1 aliphatic carbocycles. The quantitative estimate of drug-likeness (QED) is 0.521. The number of aromatic nitrogens is 2. The summed E-state index contributed by atoms with van der Waals surface area (Å²) in [5.41, 5.74) is 10.2. The van der Waals surface area contributed by atoms with Gasteiger partial charge < -0.3 is 19.9 Å². The van der Waals surface area contributed by atoms with Crippen LogP contribution in [0.15, 0.2) is 66.2 Å². The highest BCUT2D eigenvalue weighted by Gasteiger charge is 2.45. The summed E-state index contributed by atoms with van der Waals surface area (Å²) in [5.74, 6) is 2.93. The van der Waals surface area contributed by atoms with E-state index < -0.39 is 0 Å². The average molecular weight is 487 g/mol. The van der Waals surface area contributed by atoms with Crippen LogP contribution in [0, 0.1) is 5.41 Å². The van der Waals surface area contributed by atoms with E-state index >= 15 is 0 Å². The van der Waals surface area contributed by atoms with Gasteiger partial charge in [0.05, 0.1) is 26.7 Å². The molecule has 36 heavy (non-hydrogen) atoms. The van der Waals surface area contributed by atoms with Crippen molar-refractivity contribution in [3.05, 3.63) is 82.9 Å². The summed E-state index contributed by atoms with van der Waals surface area (Å²) in [6, 6.07) is 15.9.